The molecule has 0 saturated heterocycles. The molecule has 0 saturated carbocycles. The molecular weight excluding hydrogens is 316 g/mol. The summed E-state index contributed by atoms with van der Waals surface area (Å²) in [5, 5.41) is 7.81. The van der Waals surface area contributed by atoms with E-state index in [1.54, 1.807) is 37.2 Å². The van der Waals surface area contributed by atoms with E-state index in [0.29, 0.717) is 29.4 Å². The van der Waals surface area contributed by atoms with Crippen LogP contribution in [-0.4, -0.2) is 30.5 Å². The average molecular weight is 332 g/mol. The van der Waals surface area contributed by atoms with Gasteiger partial charge in [-0.15, -0.1) is 0 Å². The van der Waals surface area contributed by atoms with E-state index in [9.17, 15) is 4.39 Å². The standard InChI is InChI=1S/C14H16Cl2FN3O/c1-18-13(9-4-3-5-10(15)12(9)17)14-11(16)8-19-20(14)6-7-21-2/h3-5,8,13,18H,6-7H2,1-2H3. The van der Waals surface area contributed by atoms with Crippen LogP contribution in [0.2, 0.25) is 10.0 Å². The van der Waals surface area contributed by atoms with E-state index in [4.69, 9.17) is 27.9 Å². The highest BCUT2D eigenvalue weighted by atomic mass is 35.5. The molecule has 0 spiro atoms. The predicted molar refractivity (Wildman–Crippen MR) is 81.4 cm³/mol. The number of aromatic nitrogens is 2. The van der Waals surface area contributed by atoms with Gasteiger partial charge in [-0.25, -0.2) is 4.39 Å². The Morgan fingerprint density at radius 3 is 2.81 bits per heavy atom. The number of benzene rings is 1. The molecular formula is C14H16Cl2FN3O. The van der Waals surface area contributed by atoms with Crippen molar-refractivity contribution in [2.24, 2.45) is 0 Å². The Morgan fingerprint density at radius 2 is 2.14 bits per heavy atom. The second kappa shape index (κ2) is 7.22. The van der Waals surface area contributed by atoms with Crippen LogP contribution < -0.4 is 5.32 Å². The van der Waals surface area contributed by atoms with Gasteiger partial charge in [-0.05, 0) is 13.1 Å². The van der Waals surface area contributed by atoms with Crippen molar-refractivity contribution in [2.75, 3.05) is 20.8 Å². The van der Waals surface area contributed by atoms with Gasteiger partial charge in [-0.1, -0.05) is 35.3 Å². The molecule has 1 heterocycles. The van der Waals surface area contributed by atoms with Gasteiger partial charge in [0.1, 0.15) is 5.82 Å². The van der Waals surface area contributed by atoms with Crippen LogP contribution in [0.1, 0.15) is 17.3 Å². The quantitative estimate of drug-likeness (QED) is 0.882. The molecule has 4 nitrogen and oxygen atoms in total. The van der Waals surface area contributed by atoms with Crippen molar-refractivity contribution in [1.29, 1.82) is 0 Å². The molecule has 1 atom stereocenters. The Bertz CT molecular complexity index is 618. The number of halogens is 3. The molecule has 0 amide bonds. The number of nitrogens with zero attached hydrogens (tertiary/aromatic N) is 2. The summed E-state index contributed by atoms with van der Waals surface area (Å²) in [6, 6.07) is 4.44. The summed E-state index contributed by atoms with van der Waals surface area (Å²) in [7, 11) is 3.34. The van der Waals surface area contributed by atoms with Gasteiger partial charge >= 0.3 is 0 Å². The molecule has 114 valence electrons. The maximum absolute atomic E-state index is 14.3. The zero-order valence-corrected chi connectivity index (χ0v) is 13.2. The lowest BCUT2D eigenvalue weighted by atomic mass is 10.0. The minimum Gasteiger partial charge on any atom is -0.383 e. The van der Waals surface area contributed by atoms with Crippen molar-refractivity contribution in [1.82, 2.24) is 15.1 Å². The van der Waals surface area contributed by atoms with Gasteiger partial charge in [0.2, 0.25) is 0 Å². The minimum atomic E-state index is -0.464. The van der Waals surface area contributed by atoms with Gasteiger partial charge in [0, 0.05) is 12.7 Å². The largest absolute Gasteiger partial charge is 0.383 e. The summed E-state index contributed by atoms with van der Waals surface area (Å²) in [4.78, 5) is 0. The number of hydrogen-bond acceptors (Lipinski definition) is 3. The van der Waals surface area contributed by atoms with E-state index in [1.165, 1.54) is 6.07 Å². The van der Waals surface area contributed by atoms with Crippen LogP contribution in [0.25, 0.3) is 0 Å². The molecule has 2 aromatic rings. The maximum atomic E-state index is 14.3. The first-order valence-corrected chi connectivity index (χ1v) is 7.17. The number of methoxy groups -OCH3 is 1. The average Bonchev–Trinajstić information content (AvgIpc) is 2.83. The molecule has 0 bridgehead atoms. The molecule has 0 aliphatic rings. The van der Waals surface area contributed by atoms with E-state index in [1.807, 2.05) is 0 Å². The minimum absolute atomic E-state index is 0.0758. The lowest BCUT2D eigenvalue weighted by molar-refractivity contribution is 0.182. The Kier molecular flexibility index (Phi) is 5.58. The van der Waals surface area contributed by atoms with Crippen molar-refractivity contribution in [3.63, 3.8) is 0 Å². The van der Waals surface area contributed by atoms with Crippen molar-refractivity contribution < 1.29 is 9.13 Å². The molecule has 7 heteroatoms. The Labute approximate surface area is 132 Å². The van der Waals surface area contributed by atoms with Gasteiger partial charge in [0.25, 0.3) is 0 Å². The number of nitrogens with one attached hydrogen (secondary N) is 1. The summed E-state index contributed by atoms with van der Waals surface area (Å²) >= 11 is 12.1. The van der Waals surface area contributed by atoms with Gasteiger partial charge in [-0.3, -0.25) is 4.68 Å². The molecule has 1 unspecified atom stereocenters. The van der Waals surface area contributed by atoms with Gasteiger partial charge < -0.3 is 10.1 Å². The van der Waals surface area contributed by atoms with Crippen LogP contribution in [0.4, 0.5) is 4.39 Å². The summed E-state index contributed by atoms with van der Waals surface area (Å²) in [5.74, 6) is -0.464. The molecule has 2 rings (SSSR count). The highest BCUT2D eigenvalue weighted by Gasteiger charge is 2.24. The first-order chi connectivity index (χ1) is 10.1. The molecule has 1 N–H and O–H groups in total. The summed E-state index contributed by atoms with van der Waals surface area (Å²) in [6.45, 7) is 1.01. The van der Waals surface area contributed by atoms with Crippen LogP contribution >= 0.6 is 23.2 Å². The predicted octanol–water partition coefficient (Wildman–Crippen LogP) is 3.28. The van der Waals surface area contributed by atoms with Crippen LogP contribution in [0, 0.1) is 5.82 Å². The van der Waals surface area contributed by atoms with Crippen LogP contribution in [0.5, 0.6) is 0 Å². The molecule has 0 aliphatic carbocycles. The monoisotopic (exact) mass is 331 g/mol. The topological polar surface area (TPSA) is 39.1 Å². The third kappa shape index (κ3) is 3.37. The number of ether oxygens (including phenoxy) is 1. The van der Waals surface area contributed by atoms with E-state index in [-0.39, 0.29) is 5.02 Å². The summed E-state index contributed by atoms with van der Waals surface area (Å²) < 4.78 is 21.0. The van der Waals surface area contributed by atoms with Crippen molar-refractivity contribution in [3.8, 4) is 0 Å². The van der Waals surface area contributed by atoms with E-state index in [0.717, 1.165) is 0 Å². The van der Waals surface area contributed by atoms with Crippen molar-refractivity contribution in [3.05, 3.63) is 51.5 Å². The van der Waals surface area contributed by atoms with Gasteiger partial charge in [0.05, 0.1) is 41.1 Å². The lowest BCUT2D eigenvalue weighted by Crippen LogP contribution is -2.24. The molecule has 0 fully saturated rings. The van der Waals surface area contributed by atoms with Gasteiger partial charge in [-0.2, -0.15) is 5.10 Å². The summed E-state index contributed by atoms with van der Waals surface area (Å²) in [6.07, 6.45) is 1.54. The second-order valence-electron chi connectivity index (χ2n) is 4.46. The molecule has 0 radical (unpaired) electrons. The molecule has 1 aromatic carbocycles. The van der Waals surface area contributed by atoms with Crippen molar-refractivity contribution in [2.45, 2.75) is 12.6 Å². The highest BCUT2D eigenvalue weighted by Crippen LogP contribution is 2.31. The van der Waals surface area contributed by atoms with Crippen molar-refractivity contribution >= 4 is 23.2 Å². The first-order valence-electron chi connectivity index (χ1n) is 6.41. The number of rotatable bonds is 6. The SMILES string of the molecule is CNC(c1cccc(Cl)c1F)c1c(Cl)cnn1CCOC. The third-order valence-electron chi connectivity index (χ3n) is 3.20. The Morgan fingerprint density at radius 1 is 1.38 bits per heavy atom. The fourth-order valence-corrected chi connectivity index (χ4v) is 2.63. The normalized spacial score (nSPS) is 12.6. The zero-order valence-electron chi connectivity index (χ0n) is 11.7. The van der Waals surface area contributed by atoms with E-state index < -0.39 is 11.9 Å². The third-order valence-corrected chi connectivity index (χ3v) is 3.78. The van der Waals surface area contributed by atoms with Crippen LogP contribution in [0.3, 0.4) is 0 Å². The van der Waals surface area contributed by atoms with E-state index >= 15 is 0 Å². The molecule has 1 aromatic heterocycles. The maximum Gasteiger partial charge on any atom is 0.146 e. The smallest absolute Gasteiger partial charge is 0.146 e. The molecule has 0 aliphatic heterocycles. The second-order valence-corrected chi connectivity index (χ2v) is 5.27. The van der Waals surface area contributed by atoms with Crippen LogP contribution in [0.15, 0.2) is 24.4 Å². The highest BCUT2D eigenvalue weighted by molar-refractivity contribution is 6.31. The lowest BCUT2D eigenvalue weighted by Gasteiger charge is -2.20. The Balaban J connectivity index is 2.46. The number of hydrogen-bond donors (Lipinski definition) is 1. The van der Waals surface area contributed by atoms with Gasteiger partial charge in [0.15, 0.2) is 0 Å². The Hall–Kier alpha value is -1.14. The summed E-state index contributed by atoms with van der Waals surface area (Å²) in [5.41, 5.74) is 1.10. The fraction of sp³-hybridized carbons (Fsp3) is 0.357. The molecule has 21 heavy (non-hydrogen) atoms. The fourth-order valence-electron chi connectivity index (χ4n) is 2.20. The van der Waals surface area contributed by atoms with Crippen LogP contribution in [-0.2, 0) is 11.3 Å². The first kappa shape index (κ1) is 16.2. The zero-order chi connectivity index (χ0) is 15.4. The van der Waals surface area contributed by atoms with E-state index in [2.05, 4.69) is 10.4 Å².